The van der Waals surface area contributed by atoms with E-state index < -0.39 is 0 Å². The highest BCUT2D eigenvalue weighted by molar-refractivity contribution is 5.98. The SMILES string of the molecule is CO[C@@H]1CN(C(=O)c2ccc3cccnc3c2)C[C@H]1NC(=O)c1ccc[nH]1. The molecule has 0 unspecified atom stereocenters. The number of H-pyrrole nitrogens is 1. The lowest BCUT2D eigenvalue weighted by Gasteiger charge is -2.17. The molecule has 1 saturated heterocycles. The summed E-state index contributed by atoms with van der Waals surface area (Å²) in [5.41, 5.74) is 1.84. The number of hydrogen-bond donors (Lipinski definition) is 2. The summed E-state index contributed by atoms with van der Waals surface area (Å²) in [6, 6.07) is 12.5. The van der Waals surface area contributed by atoms with Crippen LogP contribution in [0, 0.1) is 0 Å². The second kappa shape index (κ2) is 7.20. The number of fused-ring (bicyclic) bond motifs is 1. The number of nitrogens with zero attached hydrogens (tertiary/aromatic N) is 2. The predicted octanol–water partition coefficient (Wildman–Crippen LogP) is 1.83. The summed E-state index contributed by atoms with van der Waals surface area (Å²) in [5, 5.41) is 3.93. The van der Waals surface area contributed by atoms with Gasteiger partial charge in [0.15, 0.2) is 0 Å². The zero-order valence-electron chi connectivity index (χ0n) is 14.9. The molecule has 4 rings (SSSR count). The molecule has 2 N–H and O–H groups in total. The van der Waals surface area contributed by atoms with E-state index in [1.54, 1.807) is 48.7 Å². The molecular weight excluding hydrogens is 344 g/mol. The van der Waals surface area contributed by atoms with E-state index in [0.717, 1.165) is 10.9 Å². The number of ether oxygens (including phenoxy) is 1. The normalized spacial score (nSPS) is 19.4. The van der Waals surface area contributed by atoms with E-state index in [2.05, 4.69) is 15.3 Å². The maximum atomic E-state index is 12.9. The molecule has 27 heavy (non-hydrogen) atoms. The Morgan fingerprint density at radius 2 is 2.11 bits per heavy atom. The van der Waals surface area contributed by atoms with Crippen LogP contribution in [0.4, 0.5) is 0 Å². The van der Waals surface area contributed by atoms with E-state index in [9.17, 15) is 9.59 Å². The van der Waals surface area contributed by atoms with E-state index in [0.29, 0.717) is 24.3 Å². The Kier molecular flexibility index (Phi) is 4.60. The van der Waals surface area contributed by atoms with Crippen LogP contribution < -0.4 is 5.32 Å². The van der Waals surface area contributed by atoms with Crippen LogP contribution in [0.3, 0.4) is 0 Å². The highest BCUT2D eigenvalue weighted by atomic mass is 16.5. The smallest absolute Gasteiger partial charge is 0.268 e. The molecular formula is C20H20N4O3. The number of pyridine rings is 1. The zero-order valence-corrected chi connectivity index (χ0v) is 14.9. The summed E-state index contributed by atoms with van der Waals surface area (Å²) < 4.78 is 5.50. The maximum Gasteiger partial charge on any atom is 0.268 e. The first-order chi connectivity index (χ1) is 13.2. The molecule has 2 atom stereocenters. The molecule has 0 aliphatic carbocycles. The summed E-state index contributed by atoms with van der Waals surface area (Å²) >= 11 is 0. The fourth-order valence-electron chi connectivity index (χ4n) is 3.42. The van der Waals surface area contributed by atoms with Gasteiger partial charge in [-0.25, -0.2) is 0 Å². The molecule has 0 spiro atoms. The number of carbonyl (C=O) groups excluding carboxylic acids is 2. The Labute approximate surface area is 156 Å². The Hall–Kier alpha value is -3.19. The van der Waals surface area contributed by atoms with E-state index in [1.165, 1.54) is 0 Å². The molecule has 7 nitrogen and oxygen atoms in total. The Morgan fingerprint density at radius 3 is 2.89 bits per heavy atom. The fourth-order valence-corrected chi connectivity index (χ4v) is 3.42. The van der Waals surface area contributed by atoms with Crippen molar-refractivity contribution < 1.29 is 14.3 Å². The van der Waals surface area contributed by atoms with Crippen LogP contribution >= 0.6 is 0 Å². The van der Waals surface area contributed by atoms with E-state index in [4.69, 9.17) is 4.74 Å². The van der Waals surface area contributed by atoms with Gasteiger partial charge >= 0.3 is 0 Å². The molecule has 3 heterocycles. The number of nitrogens with one attached hydrogen (secondary N) is 2. The first-order valence-corrected chi connectivity index (χ1v) is 8.77. The first-order valence-electron chi connectivity index (χ1n) is 8.77. The third-order valence-corrected chi connectivity index (χ3v) is 4.87. The lowest BCUT2D eigenvalue weighted by molar-refractivity contribution is 0.0691. The van der Waals surface area contributed by atoms with Crippen LogP contribution in [0.5, 0.6) is 0 Å². The van der Waals surface area contributed by atoms with E-state index >= 15 is 0 Å². The van der Waals surface area contributed by atoms with Gasteiger partial charge in [-0.3, -0.25) is 14.6 Å². The molecule has 1 aliphatic rings. The topological polar surface area (TPSA) is 87.3 Å². The number of aromatic nitrogens is 2. The average molecular weight is 364 g/mol. The number of carbonyl (C=O) groups is 2. The van der Waals surface area contributed by atoms with E-state index in [1.807, 2.05) is 18.2 Å². The van der Waals surface area contributed by atoms with E-state index in [-0.39, 0.29) is 24.0 Å². The van der Waals surface area contributed by atoms with Crippen molar-refractivity contribution in [2.45, 2.75) is 12.1 Å². The Balaban J connectivity index is 1.50. The summed E-state index contributed by atoms with van der Waals surface area (Å²) in [6.07, 6.45) is 3.15. The van der Waals surface area contributed by atoms with Crippen molar-refractivity contribution in [2.75, 3.05) is 20.2 Å². The van der Waals surface area contributed by atoms with Crippen LogP contribution in [0.1, 0.15) is 20.8 Å². The molecule has 1 aromatic carbocycles. The lowest BCUT2D eigenvalue weighted by atomic mass is 10.1. The minimum absolute atomic E-state index is 0.0961. The quantitative estimate of drug-likeness (QED) is 0.739. The Bertz CT molecular complexity index is 970. The minimum atomic E-state index is -0.270. The van der Waals surface area contributed by atoms with Crippen molar-refractivity contribution in [3.8, 4) is 0 Å². The molecule has 138 valence electrons. The second-order valence-corrected chi connectivity index (χ2v) is 6.56. The largest absolute Gasteiger partial charge is 0.377 e. The van der Waals surface area contributed by atoms with Crippen LogP contribution in [-0.2, 0) is 4.74 Å². The monoisotopic (exact) mass is 364 g/mol. The van der Waals surface area contributed by atoms with Crippen molar-refractivity contribution in [3.63, 3.8) is 0 Å². The summed E-state index contributed by atoms with van der Waals surface area (Å²) in [5.74, 6) is -0.308. The molecule has 0 saturated carbocycles. The van der Waals surface area contributed by atoms with Gasteiger partial charge in [-0.05, 0) is 30.3 Å². The molecule has 2 amide bonds. The highest BCUT2D eigenvalue weighted by Crippen LogP contribution is 2.19. The van der Waals surface area contributed by atoms with Crippen molar-refractivity contribution in [1.29, 1.82) is 0 Å². The lowest BCUT2D eigenvalue weighted by Crippen LogP contribution is -2.43. The third kappa shape index (κ3) is 3.41. The number of rotatable bonds is 4. The molecule has 2 aromatic heterocycles. The molecule has 1 aliphatic heterocycles. The molecule has 0 radical (unpaired) electrons. The zero-order chi connectivity index (χ0) is 18.8. The first kappa shape index (κ1) is 17.2. The van der Waals surface area contributed by atoms with Crippen molar-refractivity contribution >= 4 is 22.7 Å². The molecule has 7 heteroatoms. The van der Waals surface area contributed by atoms with Gasteiger partial charge in [0, 0.05) is 43.5 Å². The van der Waals surface area contributed by atoms with Crippen LogP contribution in [-0.4, -0.2) is 59.0 Å². The predicted molar refractivity (Wildman–Crippen MR) is 100 cm³/mol. The van der Waals surface area contributed by atoms with Gasteiger partial charge in [0.25, 0.3) is 11.8 Å². The number of likely N-dealkylation sites (tertiary alicyclic amines) is 1. The van der Waals surface area contributed by atoms with Gasteiger partial charge in [-0.2, -0.15) is 0 Å². The Morgan fingerprint density at radius 1 is 1.22 bits per heavy atom. The number of benzene rings is 1. The average Bonchev–Trinajstić information content (AvgIpc) is 3.37. The molecule has 3 aromatic rings. The molecule has 0 bridgehead atoms. The maximum absolute atomic E-state index is 12.9. The van der Waals surface area contributed by atoms with Gasteiger partial charge in [0.05, 0.1) is 17.7 Å². The number of methoxy groups -OCH3 is 1. The van der Waals surface area contributed by atoms with Gasteiger partial charge < -0.3 is 19.9 Å². The van der Waals surface area contributed by atoms with Gasteiger partial charge in [0.1, 0.15) is 5.69 Å². The van der Waals surface area contributed by atoms with Gasteiger partial charge in [0.2, 0.25) is 0 Å². The van der Waals surface area contributed by atoms with Crippen molar-refractivity contribution in [1.82, 2.24) is 20.2 Å². The number of hydrogen-bond acceptors (Lipinski definition) is 4. The van der Waals surface area contributed by atoms with Crippen molar-refractivity contribution in [3.05, 3.63) is 66.1 Å². The fraction of sp³-hybridized carbons (Fsp3) is 0.250. The van der Waals surface area contributed by atoms with Crippen LogP contribution in [0.25, 0.3) is 10.9 Å². The molecule has 1 fully saturated rings. The van der Waals surface area contributed by atoms with Crippen LogP contribution in [0.2, 0.25) is 0 Å². The standard InChI is InChI=1S/C20H20N4O3/c1-27-18-12-24(11-17(18)23-19(25)15-5-3-9-21-15)20(26)14-7-6-13-4-2-8-22-16(13)10-14/h2-10,17-18,21H,11-12H2,1H3,(H,23,25)/t17-,18-/m1/s1. The number of aromatic amines is 1. The van der Waals surface area contributed by atoms with Gasteiger partial charge in [-0.15, -0.1) is 0 Å². The van der Waals surface area contributed by atoms with Crippen LogP contribution in [0.15, 0.2) is 54.9 Å². The summed E-state index contributed by atoms with van der Waals surface area (Å²) in [4.78, 5) is 34.1. The van der Waals surface area contributed by atoms with Gasteiger partial charge in [-0.1, -0.05) is 12.1 Å². The summed E-state index contributed by atoms with van der Waals surface area (Å²) in [7, 11) is 1.59. The third-order valence-electron chi connectivity index (χ3n) is 4.87. The minimum Gasteiger partial charge on any atom is -0.377 e. The van der Waals surface area contributed by atoms with Crippen molar-refractivity contribution in [2.24, 2.45) is 0 Å². The highest BCUT2D eigenvalue weighted by Gasteiger charge is 2.37. The number of amides is 2. The second-order valence-electron chi connectivity index (χ2n) is 6.56. The summed E-state index contributed by atoms with van der Waals surface area (Å²) in [6.45, 7) is 0.815.